The summed E-state index contributed by atoms with van der Waals surface area (Å²) in [4.78, 5) is 4.97. The Morgan fingerprint density at radius 2 is 1.92 bits per heavy atom. The summed E-state index contributed by atoms with van der Waals surface area (Å²) in [5, 5.41) is 0. The fourth-order valence-electron chi connectivity index (χ4n) is 3.45. The minimum absolute atomic E-state index is 0.295. The first-order chi connectivity index (χ1) is 11.8. The predicted octanol–water partition coefficient (Wildman–Crippen LogP) is 3.49. The number of hydrogen-bond acceptors (Lipinski definition) is 3. The molecular formula is C19H17FN2O2S. The first-order valence-corrected chi connectivity index (χ1v) is 9.91. The topological polar surface area (TPSA) is 52.0 Å². The third-order valence-corrected chi connectivity index (χ3v) is 5.67. The lowest BCUT2D eigenvalue weighted by Gasteiger charge is -2.21. The quantitative estimate of drug-likeness (QED) is 0.706. The third kappa shape index (κ3) is 2.66. The molecule has 4 nitrogen and oxygen atoms in total. The molecule has 1 aliphatic heterocycles. The molecule has 0 aliphatic carbocycles. The van der Waals surface area contributed by atoms with Gasteiger partial charge in [-0.15, -0.1) is 0 Å². The molecule has 4 rings (SSSR count). The number of sulfone groups is 1. The molecule has 2 heterocycles. The molecule has 128 valence electrons. The van der Waals surface area contributed by atoms with Crippen LogP contribution in [0.1, 0.15) is 17.1 Å². The van der Waals surface area contributed by atoms with Crippen molar-refractivity contribution in [1.29, 1.82) is 0 Å². The predicted molar refractivity (Wildman–Crippen MR) is 94.2 cm³/mol. The number of aryl methyl sites for hydroxylation is 3. The van der Waals surface area contributed by atoms with E-state index in [0.29, 0.717) is 4.90 Å². The highest BCUT2D eigenvalue weighted by molar-refractivity contribution is 7.90. The van der Waals surface area contributed by atoms with E-state index in [9.17, 15) is 12.8 Å². The van der Waals surface area contributed by atoms with Gasteiger partial charge in [0.2, 0.25) is 0 Å². The molecule has 3 aromatic rings. The van der Waals surface area contributed by atoms with E-state index in [1.54, 1.807) is 18.2 Å². The van der Waals surface area contributed by atoms with Gasteiger partial charge in [0.05, 0.1) is 22.0 Å². The van der Waals surface area contributed by atoms with Crippen molar-refractivity contribution < 1.29 is 12.8 Å². The maximum absolute atomic E-state index is 13.7. The first-order valence-electron chi connectivity index (χ1n) is 8.02. The van der Waals surface area contributed by atoms with Crippen LogP contribution in [0.2, 0.25) is 0 Å². The van der Waals surface area contributed by atoms with Crippen LogP contribution in [-0.4, -0.2) is 24.2 Å². The lowest BCUT2D eigenvalue weighted by atomic mass is 10.0. The van der Waals surface area contributed by atoms with Crippen LogP contribution in [0.15, 0.2) is 47.4 Å². The van der Waals surface area contributed by atoms with Gasteiger partial charge >= 0.3 is 0 Å². The highest BCUT2D eigenvalue weighted by Gasteiger charge is 2.24. The molecule has 1 aromatic heterocycles. The summed E-state index contributed by atoms with van der Waals surface area (Å²) >= 11 is 0. The summed E-state index contributed by atoms with van der Waals surface area (Å²) in [6, 6.07) is 11.6. The van der Waals surface area contributed by atoms with E-state index in [0.717, 1.165) is 46.9 Å². The van der Waals surface area contributed by atoms with Crippen molar-refractivity contribution in [1.82, 2.24) is 9.55 Å². The zero-order chi connectivity index (χ0) is 17.8. The summed E-state index contributed by atoms with van der Waals surface area (Å²) in [6.07, 6.45) is 2.66. The Morgan fingerprint density at radius 3 is 2.64 bits per heavy atom. The molecule has 6 heteroatoms. The van der Waals surface area contributed by atoms with Crippen molar-refractivity contribution in [2.45, 2.75) is 24.7 Å². The fourth-order valence-corrected chi connectivity index (χ4v) is 4.12. The van der Waals surface area contributed by atoms with Crippen LogP contribution < -0.4 is 0 Å². The van der Waals surface area contributed by atoms with E-state index in [1.807, 2.05) is 23.6 Å². The Hall–Kier alpha value is -2.47. The standard InChI is InChI=1S/C19H17FN2O2S/c1-12-19(14-4-3-5-15(20)10-14)22-17-8-7-16(25(2,23)24)11-13(17)6-9-18(22)21-12/h3-5,7-8,10-11H,6,9H2,1-2H3. The van der Waals surface area contributed by atoms with Crippen molar-refractivity contribution >= 4 is 9.84 Å². The first kappa shape index (κ1) is 16.0. The van der Waals surface area contributed by atoms with Crippen LogP contribution in [-0.2, 0) is 22.7 Å². The van der Waals surface area contributed by atoms with Gasteiger partial charge in [-0.1, -0.05) is 12.1 Å². The number of halogens is 1. The van der Waals surface area contributed by atoms with Crippen molar-refractivity contribution in [3.8, 4) is 16.9 Å². The van der Waals surface area contributed by atoms with Crippen LogP contribution in [0, 0.1) is 12.7 Å². The van der Waals surface area contributed by atoms with E-state index in [4.69, 9.17) is 0 Å². The molecule has 25 heavy (non-hydrogen) atoms. The number of aromatic nitrogens is 2. The molecule has 0 bridgehead atoms. The average molecular weight is 356 g/mol. The van der Waals surface area contributed by atoms with E-state index >= 15 is 0 Å². The molecular weight excluding hydrogens is 339 g/mol. The number of rotatable bonds is 2. The monoisotopic (exact) mass is 356 g/mol. The molecule has 0 saturated heterocycles. The van der Waals surface area contributed by atoms with Gasteiger partial charge < -0.3 is 0 Å². The maximum atomic E-state index is 13.7. The van der Waals surface area contributed by atoms with Crippen LogP contribution in [0.4, 0.5) is 4.39 Å². The van der Waals surface area contributed by atoms with E-state index in [2.05, 4.69) is 4.98 Å². The number of hydrogen-bond donors (Lipinski definition) is 0. The van der Waals surface area contributed by atoms with Gasteiger partial charge in [-0.05, 0) is 49.2 Å². The Labute approximate surface area is 145 Å². The molecule has 0 saturated carbocycles. The second kappa shape index (κ2) is 5.52. The van der Waals surface area contributed by atoms with Gasteiger partial charge in [-0.3, -0.25) is 4.57 Å². The van der Waals surface area contributed by atoms with Crippen molar-refractivity contribution in [3.63, 3.8) is 0 Å². The lowest BCUT2D eigenvalue weighted by molar-refractivity contribution is 0.601. The van der Waals surface area contributed by atoms with Crippen LogP contribution in [0.5, 0.6) is 0 Å². The van der Waals surface area contributed by atoms with Crippen molar-refractivity contribution in [2.75, 3.05) is 6.26 Å². The average Bonchev–Trinajstić information content (AvgIpc) is 2.89. The summed E-state index contributed by atoms with van der Waals surface area (Å²) < 4.78 is 39.4. The number of fused-ring (bicyclic) bond motifs is 3. The van der Waals surface area contributed by atoms with E-state index in [1.165, 1.54) is 18.4 Å². The normalized spacial score (nSPS) is 13.4. The summed E-state index contributed by atoms with van der Waals surface area (Å²) in [5.74, 6) is 0.618. The minimum atomic E-state index is -3.25. The summed E-state index contributed by atoms with van der Waals surface area (Å²) in [6.45, 7) is 1.91. The van der Waals surface area contributed by atoms with Crippen molar-refractivity contribution in [3.05, 3.63) is 65.4 Å². The molecule has 0 fully saturated rings. The smallest absolute Gasteiger partial charge is 0.175 e. The van der Waals surface area contributed by atoms with Crippen LogP contribution in [0.3, 0.4) is 0 Å². The minimum Gasteiger partial charge on any atom is -0.296 e. The summed E-state index contributed by atoms with van der Waals surface area (Å²) in [7, 11) is -3.25. The molecule has 0 amide bonds. The van der Waals surface area contributed by atoms with Gasteiger partial charge in [0.1, 0.15) is 11.6 Å². The highest BCUT2D eigenvalue weighted by atomic mass is 32.2. The van der Waals surface area contributed by atoms with Crippen LogP contribution >= 0.6 is 0 Å². The highest BCUT2D eigenvalue weighted by Crippen LogP contribution is 2.34. The number of imidazole rings is 1. The van der Waals surface area contributed by atoms with Gasteiger partial charge in [0.25, 0.3) is 0 Å². The second-order valence-electron chi connectivity index (χ2n) is 6.37. The Kier molecular flexibility index (Phi) is 3.54. The van der Waals surface area contributed by atoms with Gasteiger partial charge in [0, 0.05) is 18.2 Å². The number of benzene rings is 2. The largest absolute Gasteiger partial charge is 0.296 e. The van der Waals surface area contributed by atoms with Crippen molar-refractivity contribution in [2.24, 2.45) is 0 Å². The molecule has 2 aromatic carbocycles. The van der Waals surface area contributed by atoms with Gasteiger partial charge in [-0.2, -0.15) is 0 Å². The third-order valence-electron chi connectivity index (χ3n) is 4.56. The maximum Gasteiger partial charge on any atom is 0.175 e. The van der Waals surface area contributed by atoms with E-state index < -0.39 is 9.84 Å². The van der Waals surface area contributed by atoms with Crippen LogP contribution in [0.25, 0.3) is 16.9 Å². The second-order valence-corrected chi connectivity index (χ2v) is 8.39. The lowest BCUT2D eigenvalue weighted by Crippen LogP contribution is -2.14. The molecule has 0 radical (unpaired) electrons. The molecule has 0 N–H and O–H groups in total. The van der Waals surface area contributed by atoms with Gasteiger partial charge in [-0.25, -0.2) is 17.8 Å². The molecule has 1 aliphatic rings. The Balaban J connectivity index is 1.96. The molecule has 0 unspecified atom stereocenters. The van der Waals surface area contributed by atoms with Gasteiger partial charge in [0.15, 0.2) is 9.84 Å². The molecule has 0 atom stereocenters. The Morgan fingerprint density at radius 1 is 1.12 bits per heavy atom. The zero-order valence-corrected chi connectivity index (χ0v) is 14.8. The Bertz CT molecular complexity index is 1100. The molecule has 0 spiro atoms. The zero-order valence-electron chi connectivity index (χ0n) is 14.0. The fraction of sp³-hybridized carbons (Fsp3) is 0.211. The van der Waals surface area contributed by atoms with E-state index in [-0.39, 0.29) is 5.82 Å². The number of nitrogens with zero attached hydrogens (tertiary/aromatic N) is 2. The summed E-state index contributed by atoms with van der Waals surface area (Å²) in [5.41, 5.74) is 4.32. The SMILES string of the molecule is Cc1nc2n(c1-c1cccc(F)c1)-c1ccc(S(C)(=O)=O)cc1CC2.